The van der Waals surface area contributed by atoms with Crippen LogP contribution in [0.1, 0.15) is 5.56 Å². The van der Waals surface area contributed by atoms with E-state index >= 15 is 0 Å². The van der Waals surface area contributed by atoms with Gasteiger partial charge >= 0.3 is 0 Å². The van der Waals surface area contributed by atoms with Crippen molar-refractivity contribution in [3.05, 3.63) is 181 Å². The smallest absolute Gasteiger partial charge is 0.167 e. The van der Waals surface area contributed by atoms with Gasteiger partial charge in [0.25, 0.3) is 0 Å². The summed E-state index contributed by atoms with van der Waals surface area (Å²) in [4.78, 5) is 15.0. The van der Waals surface area contributed by atoms with Crippen LogP contribution in [0.15, 0.2) is 176 Å². The third-order valence-corrected chi connectivity index (χ3v) is 9.31. The van der Waals surface area contributed by atoms with E-state index in [9.17, 15) is 5.26 Å². The van der Waals surface area contributed by atoms with Crippen molar-refractivity contribution in [3.63, 3.8) is 0 Å². The number of rotatable bonds is 6. The second-order valence-corrected chi connectivity index (χ2v) is 12.4. The maximum Gasteiger partial charge on any atom is 0.167 e. The fourth-order valence-electron chi connectivity index (χ4n) is 6.88. The van der Waals surface area contributed by atoms with Gasteiger partial charge in [-0.3, -0.25) is 0 Å². The van der Waals surface area contributed by atoms with Crippen LogP contribution in [0.2, 0.25) is 0 Å². The zero-order valence-corrected chi connectivity index (χ0v) is 27.5. The summed E-state index contributed by atoms with van der Waals surface area (Å²) in [5.74, 6) is 1.52. The van der Waals surface area contributed by atoms with E-state index in [0.717, 1.165) is 60.9 Å². The van der Waals surface area contributed by atoms with Crippen molar-refractivity contribution in [3.8, 4) is 68.2 Å². The molecule has 0 unspecified atom stereocenters. The predicted octanol–water partition coefficient (Wildman–Crippen LogP) is 11.2. The van der Waals surface area contributed by atoms with Crippen LogP contribution < -0.4 is 0 Å². The van der Waals surface area contributed by atoms with E-state index in [2.05, 4.69) is 102 Å². The highest BCUT2D eigenvalue weighted by Crippen LogP contribution is 2.40. The van der Waals surface area contributed by atoms with Gasteiger partial charge in [-0.25, -0.2) is 15.0 Å². The third-order valence-electron chi connectivity index (χ3n) is 9.31. The van der Waals surface area contributed by atoms with Crippen LogP contribution in [0.3, 0.4) is 0 Å². The third kappa shape index (κ3) is 5.42. The second-order valence-electron chi connectivity index (χ2n) is 12.4. The molecule has 0 aliphatic rings. The van der Waals surface area contributed by atoms with E-state index in [1.165, 1.54) is 0 Å². The highest BCUT2D eigenvalue weighted by molar-refractivity contribution is 6.12. The Morgan fingerprint density at radius 1 is 0.392 bits per heavy atom. The van der Waals surface area contributed by atoms with E-state index < -0.39 is 0 Å². The van der Waals surface area contributed by atoms with Gasteiger partial charge in [0, 0.05) is 21.9 Å². The van der Waals surface area contributed by atoms with Crippen molar-refractivity contribution in [2.45, 2.75) is 0 Å². The molecule has 0 fully saturated rings. The Labute approximate surface area is 295 Å². The quantitative estimate of drug-likeness (QED) is 0.179. The number of hydrogen-bond donors (Lipinski definition) is 0. The van der Waals surface area contributed by atoms with Gasteiger partial charge in [0.05, 0.1) is 33.9 Å². The maximum atomic E-state index is 10.6. The Morgan fingerprint density at radius 3 is 1.27 bits per heavy atom. The topological polar surface area (TPSA) is 67.4 Å². The van der Waals surface area contributed by atoms with E-state index in [0.29, 0.717) is 28.6 Å². The first-order valence-electron chi connectivity index (χ1n) is 16.8. The monoisotopic (exact) mass is 651 g/mol. The number of hydrogen-bond acceptors (Lipinski definition) is 4. The molecule has 7 aromatic carbocycles. The molecule has 9 aromatic rings. The maximum absolute atomic E-state index is 10.6. The molecule has 0 radical (unpaired) electrons. The lowest BCUT2D eigenvalue weighted by molar-refractivity contribution is 1.06. The van der Waals surface area contributed by atoms with Crippen LogP contribution in [0.4, 0.5) is 0 Å². The lowest BCUT2D eigenvalue weighted by Crippen LogP contribution is -2.05. The molecule has 2 heterocycles. The van der Waals surface area contributed by atoms with Crippen molar-refractivity contribution in [2.24, 2.45) is 0 Å². The van der Waals surface area contributed by atoms with Gasteiger partial charge in [0.1, 0.15) is 0 Å². The summed E-state index contributed by atoms with van der Waals surface area (Å²) in [6.07, 6.45) is 0. The average molecular weight is 652 g/mol. The van der Waals surface area contributed by atoms with E-state index in [4.69, 9.17) is 15.0 Å². The first kappa shape index (κ1) is 29.9. The molecule has 0 spiro atoms. The summed E-state index contributed by atoms with van der Waals surface area (Å²) < 4.78 is 2.25. The van der Waals surface area contributed by atoms with Crippen molar-refractivity contribution in [2.75, 3.05) is 0 Å². The Bertz CT molecular complexity index is 2580. The summed E-state index contributed by atoms with van der Waals surface area (Å²) in [7, 11) is 0. The van der Waals surface area contributed by atoms with Crippen molar-refractivity contribution in [1.82, 2.24) is 19.5 Å². The Hall–Kier alpha value is -7.16. The summed E-state index contributed by atoms with van der Waals surface area (Å²) >= 11 is 0. The van der Waals surface area contributed by atoms with Crippen LogP contribution in [-0.4, -0.2) is 19.5 Å². The molecule has 0 aliphatic carbocycles. The van der Waals surface area contributed by atoms with Crippen LogP contribution in [0.25, 0.3) is 83.9 Å². The largest absolute Gasteiger partial charge is 0.308 e. The average Bonchev–Trinajstić information content (AvgIpc) is 3.54. The highest BCUT2D eigenvalue weighted by atomic mass is 15.1. The summed E-state index contributed by atoms with van der Waals surface area (Å²) in [6, 6.07) is 62.2. The number of benzene rings is 7. The molecule has 51 heavy (non-hydrogen) atoms. The van der Waals surface area contributed by atoms with Crippen LogP contribution >= 0.6 is 0 Å². The molecule has 5 heteroatoms. The minimum absolute atomic E-state index is 0.437. The van der Waals surface area contributed by atoms with Crippen LogP contribution in [-0.2, 0) is 0 Å². The fraction of sp³-hybridized carbons (Fsp3) is 0. The molecule has 0 N–H and O–H groups in total. The summed E-state index contributed by atoms with van der Waals surface area (Å²) in [5.41, 5.74) is 10.3. The minimum Gasteiger partial charge on any atom is -0.308 e. The molecule has 9 rings (SSSR count). The predicted molar refractivity (Wildman–Crippen MR) is 206 cm³/mol. The number of nitriles is 1. The number of aromatic nitrogens is 4. The second kappa shape index (κ2) is 12.7. The zero-order valence-electron chi connectivity index (χ0n) is 27.5. The molecule has 2 aromatic heterocycles. The Morgan fingerprint density at radius 2 is 0.824 bits per heavy atom. The number of fused-ring (bicyclic) bond motifs is 3. The van der Waals surface area contributed by atoms with Crippen molar-refractivity contribution >= 4 is 21.8 Å². The first-order valence-corrected chi connectivity index (χ1v) is 16.8. The molecule has 0 saturated carbocycles. The molecule has 0 atom stereocenters. The molecule has 5 nitrogen and oxygen atoms in total. The molecule has 0 bridgehead atoms. The Balaban J connectivity index is 1.34. The molecular formula is C46H29N5. The highest BCUT2D eigenvalue weighted by Gasteiger charge is 2.22. The van der Waals surface area contributed by atoms with Gasteiger partial charge in [-0.05, 0) is 58.7 Å². The molecule has 238 valence electrons. The van der Waals surface area contributed by atoms with Crippen LogP contribution in [0.5, 0.6) is 0 Å². The SMILES string of the molecule is N#Cc1cccc(-n2c3ccc(-c4ccccc4)cc3c3cc(-c4ccccc4)ccc32)c1-c1nc(-c2ccccc2)nc(-c2ccccc2)n1. The van der Waals surface area contributed by atoms with Gasteiger partial charge in [-0.2, -0.15) is 5.26 Å². The molecular weight excluding hydrogens is 623 g/mol. The fourth-order valence-corrected chi connectivity index (χ4v) is 6.88. The van der Waals surface area contributed by atoms with E-state index in [1.807, 2.05) is 84.9 Å². The Kier molecular flexibility index (Phi) is 7.46. The summed E-state index contributed by atoms with van der Waals surface area (Å²) in [5, 5.41) is 12.8. The lowest BCUT2D eigenvalue weighted by atomic mass is 10.0. The normalized spacial score (nSPS) is 11.1. The van der Waals surface area contributed by atoms with Gasteiger partial charge in [-0.15, -0.1) is 0 Å². The van der Waals surface area contributed by atoms with E-state index in [-0.39, 0.29) is 0 Å². The van der Waals surface area contributed by atoms with Gasteiger partial charge in [0.2, 0.25) is 0 Å². The van der Waals surface area contributed by atoms with Crippen molar-refractivity contribution in [1.29, 1.82) is 5.26 Å². The molecule has 0 aliphatic heterocycles. The first-order chi connectivity index (χ1) is 25.2. The molecule has 0 saturated heterocycles. The van der Waals surface area contributed by atoms with Gasteiger partial charge in [0.15, 0.2) is 17.5 Å². The van der Waals surface area contributed by atoms with Gasteiger partial charge in [-0.1, -0.05) is 140 Å². The van der Waals surface area contributed by atoms with Crippen LogP contribution in [0, 0.1) is 11.3 Å². The zero-order chi connectivity index (χ0) is 34.1. The minimum atomic E-state index is 0.437. The molecule has 0 amide bonds. The standard InChI is InChI=1S/C46H29N5/c47-30-37-22-13-23-42(43(37)46-49-44(33-18-9-3-10-19-33)48-45(50-46)34-20-11-4-12-21-34)51-40-26-24-35(31-14-5-1-6-15-31)28-38(40)39-29-36(25-27-41(39)51)32-16-7-2-8-17-32/h1-29H. The number of nitrogens with zero attached hydrogens (tertiary/aromatic N) is 5. The van der Waals surface area contributed by atoms with Gasteiger partial charge < -0.3 is 4.57 Å². The summed E-state index contributed by atoms with van der Waals surface area (Å²) in [6.45, 7) is 0. The van der Waals surface area contributed by atoms with E-state index in [1.54, 1.807) is 0 Å². The lowest BCUT2D eigenvalue weighted by Gasteiger charge is -2.16. The van der Waals surface area contributed by atoms with Crippen molar-refractivity contribution < 1.29 is 0 Å².